The molecule has 0 aromatic rings. The smallest absolute Gasteiger partial charge is 0.111 e. The van der Waals surface area contributed by atoms with E-state index in [1.807, 2.05) is 13.8 Å². The number of hydrogen-bond donors (Lipinski definition) is 0. The van der Waals surface area contributed by atoms with Crippen molar-refractivity contribution in [2.75, 3.05) is 0 Å². The molecule has 0 amide bonds. The molecule has 0 N–H and O–H groups in total. The molecule has 2 nitrogen and oxygen atoms in total. The number of rotatable bonds is 1. The fourth-order valence-electron chi connectivity index (χ4n) is 0.762. The molecule has 0 fully saturated rings. The maximum atomic E-state index is 4.12. The summed E-state index contributed by atoms with van der Waals surface area (Å²) in [6, 6.07) is 0. The molecule has 0 aromatic carbocycles. The SMILES string of the molecule is C=CC1=NC=NC1(C)C. The molecule has 1 aliphatic rings. The molecule has 0 aromatic heterocycles. The van der Waals surface area contributed by atoms with Gasteiger partial charge >= 0.3 is 0 Å². The van der Waals surface area contributed by atoms with Gasteiger partial charge in [0.25, 0.3) is 0 Å². The topological polar surface area (TPSA) is 24.7 Å². The second-order valence-corrected chi connectivity index (χ2v) is 2.52. The lowest BCUT2D eigenvalue weighted by atomic mass is 10.0. The predicted molar refractivity (Wildman–Crippen MR) is 40.2 cm³/mol. The van der Waals surface area contributed by atoms with Crippen LogP contribution in [0.25, 0.3) is 0 Å². The third kappa shape index (κ3) is 0.922. The first-order valence-corrected chi connectivity index (χ1v) is 2.91. The molecule has 0 aliphatic carbocycles. The Kier molecular flexibility index (Phi) is 1.24. The van der Waals surface area contributed by atoms with E-state index in [1.54, 1.807) is 12.4 Å². The summed E-state index contributed by atoms with van der Waals surface area (Å²) in [5, 5.41) is 0. The van der Waals surface area contributed by atoms with Gasteiger partial charge in [0.1, 0.15) is 6.34 Å². The first-order chi connectivity index (χ1) is 4.17. The maximum Gasteiger partial charge on any atom is 0.111 e. The zero-order chi connectivity index (χ0) is 6.91. The van der Waals surface area contributed by atoms with Gasteiger partial charge in [-0.2, -0.15) is 0 Å². The van der Waals surface area contributed by atoms with Gasteiger partial charge in [0.05, 0.1) is 11.3 Å². The van der Waals surface area contributed by atoms with Gasteiger partial charge in [0, 0.05) is 0 Å². The van der Waals surface area contributed by atoms with E-state index in [0.29, 0.717) is 0 Å². The lowest BCUT2D eigenvalue weighted by Crippen LogP contribution is -2.23. The molecule has 2 heteroatoms. The summed E-state index contributed by atoms with van der Waals surface area (Å²) in [7, 11) is 0. The quantitative estimate of drug-likeness (QED) is 0.502. The summed E-state index contributed by atoms with van der Waals surface area (Å²) in [5.74, 6) is 0. The molecule has 1 aliphatic heterocycles. The summed E-state index contributed by atoms with van der Waals surface area (Å²) in [4.78, 5) is 8.13. The number of hydrogen-bond acceptors (Lipinski definition) is 2. The van der Waals surface area contributed by atoms with Crippen molar-refractivity contribution >= 4 is 12.1 Å². The van der Waals surface area contributed by atoms with Crippen LogP contribution in [0.2, 0.25) is 0 Å². The number of nitrogens with zero attached hydrogens (tertiary/aromatic N) is 2. The molecule has 0 saturated carbocycles. The van der Waals surface area contributed by atoms with Crippen LogP contribution in [0.5, 0.6) is 0 Å². The molecule has 1 heterocycles. The Balaban J connectivity index is 2.91. The van der Waals surface area contributed by atoms with E-state index in [0.717, 1.165) is 5.71 Å². The van der Waals surface area contributed by atoms with Crippen LogP contribution in [0.4, 0.5) is 0 Å². The van der Waals surface area contributed by atoms with E-state index in [4.69, 9.17) is 0 Å². The highest BCUT2D eigenvalue weighted by Crippen LogP contribution is 2.15. The van der Waals surface area contributed by atoms with Crippen LogP contribution < -0.4 is 0 Å². The second kappa shape index (κ2) is 1.79. The average Bonchev–Trinajstić information content (AvgIpc) is 2.08. The van der Waals surface area contributed by atoms with Crippen molar-refractivity contribution in [3.63, 3.8) is 0 Å². The maximum absolute atomic E-state index is 4.12. The minimum absolute atomic E-state index is 0.137. The Bertz CT molecular complexity index is 187. The van der Waals surface area contributed by atoms with Gasteiger partial charge in [-0.1, -0.05) is 6.58 Å². The zero-order valence-corrected chi connectivity index (χ0v) is 5.76. The van der Waals surface area contributed by atoms with Crippen LogP contribution in [0.15, 0.2) is 22.6 Å². The van der Waals surface area contributed by atoms with Gasteiger partial charge < -0.3 is 0 Å². The Morgan fingerprint density at radius 1 is 1.67 bits per heavy atom. The van der Waals surface area contributed by atoms with Gasteiger partial charge in [-0.3, -0.25) is 4.99 Å². The number of aliphatic imine (C=N–C) groups is 2. The van der Waals surface area contributed by atoms with E-state index >= 15 is 0 Å². The molecule has 0 bridgehead atoms. The van der Waals surface area contributed by atoms with E-state index in [2.05, 4.69) is 16.6 Å². The first kappa shape index (κ1) is 6.20. The van der Waals surface area contributed by atoms with Crippen LogP contribution in [0.1, 0.15) is 13.8 Å². The van der Waals surface area contributed by atoms with E-state index in [1.165, 1.54) is 0 Å². The molecule has 0 radical (unpaired) electrons. The Labute approximate surface area is 55.0 Å². The molecular formula is C7H10N2. The van der Waals surface area contributed by atoms with Crippen molar-refractivity contribution in [3.8, 4) is 0 Å². The Morgan fingerprint density at radius 2 is 2.33 bits per heavy atom. The van der Waals surface area contributed by atoms with Crippen molar-refractivity contribution < 1.29 is 0 Å². The zero-order valence-electron chi connectivity index (χ0n) is 5.76. The highest BCUT2D eigenvalue weighted by Gasteiger charge is 2.23. The monoisotopic (exact) mass is 122 g/mol. The lowest BCUT2D eigenvalue weighted by Gasteiger charge is -2.12. The van der Waals surface area contributed by atoms with Crippen molar-refractivity contribution in [1.82, 2.24) is 0 Å². The Morgan fingerprint density at radius 3 is 2.56 bits per heavy atom. The normalized spacial score (nSPS) is 21.8. The molecule has 48 valence electrons. The molecule has 0 spiro atoms. The van der Waals surface area contributed by atoms with E-state index in [-0.39, 0.29) is 5.54 Å². The summed E-state index contributed by atoms with van der Waals surface area (Å²) < 4.78 is 0. The predicted octanol–water partition coefficient (Wildman–Crippen LogP) is 1.43. The summed E-state index contributed by atoms with van der Waals surface area (Å²) in [6.45, 7) is 7.65. The van der Waals surface area contributed by atoms with E-state index < -0.39 is 0 Å². The highest BCUT2D eigenvalue weighted by molar-refractivity contribution is 6.08. The standard InChI is InChI=1S/C7H10N2/c1-4-6-7(2,3)9-5-8-6/h4-5H,1H2,2-3H3. The summed E-state index contributed by atoms with van der Waals surface area (Å²) in [5.41, 5.74) is 0.810. The van der Waals surface area contributed by atoms with Gasteiger partial charge in [0.2, 0.25) is 0 Å². The lowest BCUT2D eigenvalue weighted by molar-refractivity contribution is 0.721. The molecule has 0 unspecified atom stereocenters. The first-order valence-electron chi connectivity index (χ1n) is 2.91. The molecule has 9 heavy (non-hydrogen) atoms. The Hall–Kier alpha value is -0.920. The fraction of sp³-hybridized carbons (Fsp3) is 0.429. The van der Waals surface area contributed by atoms with Gasteiger partial charge in [-0.05, 0) is 19.9 Å². The van der Waals surface area contributed by atoms with Crippen molar-refractivity contribution in [1.29, 1.82) is 0 Å². The minimum Gasteiger partial charge on any atom is -0.261 e. The van der Waals surface area contributed by atoms with Crippen LogP contribution in [0, 0.1) is 0 Å². The van der Waals surface area contributed by atoms with Gasteiger partial charge in [-0.25, -0.2) is 4.99 Å². The van der Waals surface area contributed by atoms with Crippen molar-refractivity contribution in [2.24, 2.45) is 9.98 Å². The van der Waals surface area contributed by atoms with Crippen molar-refractivity contribution in [3.05, 3.63) is 12.7 Å². The van der Waals surface area contributed by atoms with Crippen LogP contribution in [-0.2, 0) is 0 Å². The highest BCUT2D eigenvalue weighted by atomic mass is 15.0. The third-order valence-electron chi connectivity index (χ3n) is 1.40. The fourth-order valence-corrected chi connectivity index (χ4v) is 0.762. The van der Waals surface area contributed by atoms with Gasteiger partial charge in [0.15, 0.2) is 0 Å². The molecule has 0 saturated heterocycles. The summed E-state index contributed by atoms with van der Waals surface area (Å²) >= 11 is 0. The van der Waals surface area contributed by atoms with Crippen molar-refractivity contribution in [2.45, 2.75) is 19.4 Å². The van der Waals surface area contributed by atoms with E-state index in [9.17, 15) is 0 Å². The average molecular weight is 122 g/mol. The second-order valence-electron chi connectivity index (χ2n) is 2.52. The molecule has 1 rings (SSSR count). The minimum atomic E-state index is -0.137. The third-order valence-corrected chi connectivity index (χ3v) is 1.40. The van der Waals surface area contributed by atoms with Crippen LogP contribution in [-0.4, -0.2) is 17.6 Å². The molecule has 0 atom stereocenters. The summed E-state index contributed by atoms with van der Waals surface area (Å²) in [6.07, 6.45) is 3.32. The van der Waals surface area contributed by atoms with Gasteiger partial charge in [-0.15, -0.1) is 0 Å². The van der Waals surface area contributed by atoms with Crippen LogP contribution in [0.3, 0.4) is 0 Å². The van der Waals surface area contributed by atoms with Crippen LogP contribution >= 0.6 is 0 Å². The largest absolute Gasteiger partial charge is 0.261 e. The molecular weight excluding hydrogens is 112 g/mol.